The lowest BCUT2D eigenvalue weighted by atomic mass is 9.95. The van der Waals surface area contributed by atoms with Gasteiger partial charge in [0, 0.05) is 30.3 Å². The summed E-state index contributed by atoms with van der Waals surface area (Å²) >= 11 is 0. The molecule has 2 amide bonds. The summed E-state index contributed by atoms with van der Waals surface area (Å²) in [5, 5.41) is 2.80. The molecule has 0 radical (unpaired) electrons. The molecule has 0 atom stereocenters. The molecule has 8 heteroatoms. The first-order chi connectivity index (χ1) is 13.8. The second-order valence-corrected chi connectivity index (χ2v) is 8.99. The highest BCUT2D eigenvalue weighted by Gasteiger charge is 2.28. The predicted octanol–water partition coefficient (Wildman–Crippen LogP) is 2.39. The molecule has 0 saturated carbocycles. The Morgan fingerprint density at radius 3 is 2.38 bits per heavy atom. The highest BCUT2D eigenvalue weighted by Crippen LogP contribution is 2.23. The molecular formula is C21H25N3O4S. The predicted molar refractivity (Wildman–Crippen MR) is 111 cm³/mol. The van der Waals surface area contributed by atoms with Crippen molar-refractivity contribution in [1.29, 1.82) is 0 Å². The second kappa shape index (κ2) is 8.75. The van der Waals surface area contributed by atoms with Crippen LogP contribution >= 0.6 is 0 Å². The van der Waals surface area contributed by atoms with Gasteiger partial charge in [0.15, 0.2) is 0 Å². The second-order valence-electron chi connectivity index (χ2n) is 7.11. The highest BCUT2D eigenvalue weighted by molar-refractivity contribution is 7.89. The number of rotatable bonds is 5. The fourth-order valence-electron chi connectivity index (χ4n) is 3.43. The van der Waals surface area contributed by atoms with Gasteiger partial charge in [-0.15, -0.1) is 0 Å². The third-order valence-electron chi connectivity index (χ3n) is 5.21. The van der Waals surface area contributed by atoms with E-state index in [1.165, 1.54) is 19.2 Å². The number of carbonyl (C=O) groups is 2. The standard InChI is InChI=1S/C21H25N3O4S/c1-15-6-3-4-9-19(15)21(26)24-12-10-16(11-13-24)20(25)23-17-7-5-8-18(14-17)29(27,28)22-2/h3-9,14,16,22H,10-13H2,1-2H3,(H,23,25). The maximum absolute atomic E-state index is 12.7. The zero-order valence-corrected chi connectivity index (χ0v) is 17.3. The maximum Gasteiger partial charge on any atom is 0.254 e. The van der Waals surface area contributed by atoms with E-state index < -0.39 is 10.0 Å². The van der Waals surface area contributed by atoms with Gasteiger partial charge in [-0.05, 0) is 56.6 Å². The van der Waals surface area contributed by atoms with E-state index in [4.69, 9.17) is 0 Å². The van der Waals surface area contributed by atoms with Crippen LogP contribution in [0.2, 0.25) is 0 Å². The molecule has 7 nitrogen and oxygen atoms in total. The molecule has 1 saturated heterocycles. The first-order valence-electron chi connectivity index (χ1n) is 9.51. The number of nitrogens with one attached hydrogen (secondary N) is 2. The number of aryl methyl sites for hydroxylation is 1. The van der Waals surface area contributed by atoms with E-state index in [0.717, 1.165) is 5.56 Å². The van der Waals surface area contributed by atoms with Crippen molar-refractivity contribution in [2.24, 2.45) is 5.92 Å². The van der Waals surface area contributed by atoms with Crippen molar-refractivity contribution >= 4 is 27.5 Å². The molecule has 1 fully saturated rings. The topological polar surface area (TPSA) is 95.6 Å². The molecule has 0 aromatic heterocycles. The van der Waals surface area contributed by atoms with Crippen LogP contribution in [0.15, 0.2) is 53.4 Å². The van der Waals surface area contributed by atoms with Gasteiger partial charge in [0.2, 0.25) is 15.9 Å². The van der Waals surface area contributed by atoms with Crippen LogP contribution in [0.25, 0.3) is 0 Å². The van der Waals surface area contributed by atoms with Gasteiger partial charge in [0.05, 0.1) is 4.90 Å². The molecule has 0 bridgehead atoms. The number of amides is 2. The van der Waals surface area contributed by atoms with Crippen LogP contribution in [0.3, 0.4) is 0 Å². The summed E-state index contributed by atoms with van der Waals surface area (Å²) in [5.74, 6) is -0.389. The monoisotopic (exact) mass is 415 g/mol. The summed E-state index contributed by atoms with van der Waals surface area (Å²) in [5.41, 5.74) is 2.07. The Kier molecular flexibility index (Phi) is 6.34. The number of piperidine rings is 1. The number of carbonyl (C=O) groups excluding carboxylic acids is 2. The molecule has 29 heavy (non-hydrogen) atoms. The van der Waals surface area contributed by atoms with Gasteiger partial charge in [0.1, 0.15) is 0 Å². The van der Waals surface area contributed by atoms with Crippen LogP contribution < -0.4 is 10.0 Å². The minimum absolute atomic E-state index is 0.00747. The fraction of sp³-hybridized carbons (Fsp3) is 0.333. The average Bonchev–Trinajstić information content (AvgIpc) is 2.74. The van der Waals surface area contributed by atoms with Crippen molar-refractivity contribution in [1.82, 2.24) is 9.62 Å². The molecule has 154 valence electrons. The lowest BCUT2D eigenvalue weighted by molar-refractivity contribution is -0.121. The minimum atomic E-state index is -3.57. The Morgan fingerprint density at radius 2 is 1.72 bits per heavy atom. The Labute approximate surface area is 171 Å². The zero-order valence-electron chi connectivity index (χ0n) is 16.5. The zero-order chi connectivity index (χ0) is 21.0. The number of likely N-dealkylation sites (tertiary alicyclic amines) is 1. The van der Waals surface area contributed by atoms with E-state index in [1.54, 1.807) is 17.0 Å². The van der Waals surface area contributed by atoms with E-state index >= 15 is 0 Å². The van der Waals surface area contributed by atoms with E-state index in [1.807, 2.05) is 31.2 Å². The Hall–Kier alpha value is -2.71. The van der Waals surface area contributed by atoms with Gasteiger partial charge in [-0.2, -0.15) is 0 Å². The third-order valence-corrected chi connectivity index (χ3v) is 6.62. The summed E-state index contributed by atoms with van der Waals surface area (Å²) in [6, 6.07) is 13.6. The van der Waals surface area contributed by atoms with Crippen molar-refractivity contribution in [2.75, 3.05) is 25.5 Å². The summed E-state index contributed by atoms with van der Waals surface area (Å²) in [4.78, 5) is 27.2. The number of sulfonamides is 1. The first-order valence-corrected chi connectivity index (χ1v) is 11.0. The lowest BCUT2D eigenvalue weighted by Crippen LogP contribution is -2.41. The van der Waals surface area contributed by atoms with Crippen LogP contribution in [-0.2, 0) is 14.8 Å². The Balaban J connectivity index is 1.60. The Bertz CT molecular complexity index is 1010. The molecule has 1 aliphatic heterocycles. The number of anilines is 1. The molecule has 2 aromatic rings. The van der Waals surface area contributed by atoms with E-state index in [0.29, 0.717) is 37.2 Å². The molecule has 0 spiro atoms. The first kappa shape index (κ1) is 21.0. The highest BCUT2D eigenvalue weighted by atomic mass is 32.2. The number of hydrogen-bond donors (Lipinski definition) is 2. The van der Waals surface area contributed by atoms with Crippen molar-refractivity contribution in [3.63, 3.8) is 0 Å². The fourth-order valence-corrected chi connectivity index (χ4v) is 4.21. The van der Waals surface area contributed by atoms with E-state index in [9.17, 15) is 18.0 Å². The van der Waals surface area contributed by atoms with Gasteiger partial charge in [-0.3, -0.25) is 9.59 Å². The van der Waals surface area contributed by atoms with Crippen LogP contribution in [0.4, 0.5) is 5.69 Å². The Morgan fingerprint density at radius 1 is 1.03 bits per heavy atom. The lowest BCUT2D eigenvalue weighted by Gasteiger charge is -2.31. The number of hydrogen-bond acceptors (Lipinski definition) is 4. The SMILES string of the molecule is CNS(=O)(=O)c1cccc(NC(=O)C2CCN(C(=O)c3ccccc3C)CC2)c1. The summed E-state index contributed by atoms with van der Waals surface area (Å²) in [7, 11) is -2.23. The molecule has 3 rings (SSSR count). The minimum Gasteiger partial charge on any atom is -0.339 e. The van der Waals surface area contributed by atoms with Gasteiger partial charge >= 0.3 is 0 Å². The summed E-state index contributed by atoms with van der Waals surface area (Å²) in [6.07, 6.45) is 1.13. The van der Waals surface area contributed by atoms with Crippen LogP contribution in [0.1, 0.15) is 28.8 Å². The largest absolute Gasteiger partial charge is 0.339 e. The summed E-state index contributed by atoms with van der Waals surface area (Å²) in [6.45, 7) is 2.94. The molecule has 0 unspecified atom stereocenters. The molecule has 2 N–H and O–H groups in total. The quantitative estimate of drug-likeness (QED) is 0.784. The number of nitrogens with zero attached hydrogens (tertiary/aromatic N) is 1. The molecule has 2 aromatic carbocycles. The van der Waals surface area contributed by atoms with E-state index in [2.05, 4.69) is 10.0 Å². The molecule has 0 aliphatic carbocycles. The van der Waals surface area contributed by atoms with Crippen molar-refractivity contribution in [3.8, 4) is 0 Å². The van der Waals surface area contributed by atoms with Gasteiger partial charge in [-0.1, -0.05) is 24.3 Å². The van der Waals surface area contributed by atoms with Crippen molar-refractivity contribution < 1.29 is 18.0 Å². The smallest absolute Gasteiger partial charge is 0.254 e. The third kappa shape index (κ3) is 4.83. The maximum atomic E-state index is 12.7. The van der Waals surface area contributed by atoms with Crippen LogP contribution in [0.5, 0.6) is 0 Å². The van der Waals surface area contributed by atoms with Gasteiger partial charge in [-0.25, -0.2) is 13.1 Å². The molecule has 1 aliphatic rings. The molecule has 1 heterocycles. The van der Waals surface area contributed by atoms with Gasteiger partial charge in [0.25, 0.3) is 5.91 Å². The van der Waals surface area contributed by atoms with E-state index in [-0.39, 0.29) is 22.6 Å². The molecular weight excluding hydrogens is 390 g/mol. The number of benzene rings is 2. The van der Waals surface area contributed by atoms with Crippen molar-refractivity contribution in [3.05, 3.63) is 59.7 Å². The van der Waals surface area contributed by atoms with Crippen molar-refractivity contribution in [2.45, 2.75) is 24.7 Å². The average molecular weight is 416 g/mol. The normalized spacial score (nSPS) is 15.2. The van der Waals surface area contributed by atoms with Gasteiger partial charge < -0.3 is 10.2 Å². The van der Waals surface area contributed by atoms with Crippen LogP contribution in [-0.4, -0.2) is 45.3 Å². The van der Waals surface area contributed by atoms with Crippen LogP contribution in [0, 0.1) is 12.8 Å². The summed E-state index contributed by atoms with van der Waals surface area (Å²) < 4.78 is 26.1.